The second-order valence-corrected chi connectivity index (χ2v) is 6.54. The number of hydrogen-bond acceptors (Lipinski definition) is 4. The zero-order valence-electron chi connectivity index (χ0n) is 10.4. The van der Waals surface area contributed by atoms with Gasteiger partial charge < -0.3 is 9.84 Å². The number of carboxylic acids is 1. The summed E-state index contributed by atoms with van der Waals surface area (Å²) >= 11 is 8.62. The number of aliphatic carboxylic acids is 1. The summed E-state index contributed by atoms with van der Waals surface area (Å²) in [6.45, 7) is 0.660. The fraction of sp³-hybridized carbons (Fsp3) is 0.417. The van der Waals surface area contributed by atoms with Gasteiger partial charge in [0.15, 0.2) is 3.78 Å². The molecule has 1 atom stereocenters. The lowest BCUT2D eigenvalue weighted by molar-refractivity contribution is -0.384. The summed E-state index contributed by atoms with van der Waals surface area (Å²) in [5.41, 5.74) is 0.839. The number of ether oxygens (including phenoxy) is 1. The standard InChI is InChI=1S/C12H13BrClNO5/c13-12(14,11(16)17)6-1-7-20-8-9-2-4-10(5-3-9)15(18)19/h2-5H,1,6-8H2,(H,16,17). The van der Waals surface area contributed by atoms with E-state index in [9.17, 15) is 14.9 Å². The smallest absolute Gasteiger partial charge is 0.335 e. The molecule has 1 aromatic carbocycles. The average molecular weight is 367 g/mol. The molecule has 0 saturated carbocycles. The van der Waals surface area contributed by atoms with Gasteiger partial charge in [0.25, 0.3) is 5.69 Å². The number of benzene rings is 1. The van der Waals surface area contributed by atoms with Crippen LogP contribution in [0.3, 0.4) is 0 Å². The van der Waals surface area contributed by atoms with E-state index in [1.807, 2.05) is 0 Å². The number of nitrogens with zero attached hydrogens (tertiary/aromatic N) is 1. The van der Waals surface area contributed by atoms with Crippen LogP contribution in [0.15, 0.2) is 24.3 Å². The van der Waals surface area contributed by atoms with E-state index in [4.69, 9.17) is 21.4 Å². The van der Waals surface area contributed by atoms with Crippen LogP contribution in [0.1, 0.15) is 18.4 Å². The lowest BCUT2D eigenvalue weighted by atomic mass is 10.2. The molecule has 0 bridgehead atoms. The summed E-state index contributed by atoms with van der Waals surface area (Å²) in [5.74, 6) is -1.13. The predicted octanol–water partition coefficient (Wildman–Crippen LogP) is 3.31. The van der Waals surface area contributed by atoms with Crippen molar-refractivity contribution >= 4 is 39.2 Å². The first-order valence-corrected chi connectivity index (χ1v) is 6.92. The van der Waals surface area contributed by atoms with Crippen LogP contribution >= 0.6 is 27.5 Å². The van der Waals surface area contributed by atoms with E-state index in [2.05, 4.69) is 15.9 Å². The molecule has 0 heterocycles. The molecule has 1 N–H and O–H groups in total. The van der Waals surface area contributed by atoms with Crippen molar-refractivity contribution in [1.29, 1.82) is 0 Å². The molecule has 1 rings (SSSR count). The number of carboxylic acid groups (broad SMARTS) is 1. The van der Waals surface area contributed by atoms with Crippen molar-refractivity contribution in [3.05, 3.63) is 39.9 Å². The van der Waals surface area contributed by atoms with Crippen molar-refractivity contribution in [2.75, 3.05) is 6.61 Å². The van der Waals surface area contributed by atoms with E-state index in [0.717, 1.165) is 5.56 Å². The number of hydrogen-bond donors (Lipinski definition) is 1. The summed E-state index contributed by atoms with van der Waals surface area (Å²) in [7, 11) is 0. The fourth-order valence-electron chi connectivity index (χ4n) is 1.41. The molecule has 0 aliphatic carbocycles. The van der Waals surface area contributed by atoms with Crippen LogP contribution in [0.25, 0.3) is 0 Å². The minimum atomic E-state index is -1.45. The number of non-ortho nitro benzene ring substituents is 1. The third kappa shape index (κ3) is 5.44. The quantitative estimate of drug-likeness (QED) is 0.330. The number of nitro groups is 1. The van der Waals surface area contributed by atoms with Crippen molar-refractivity contribution in [3.63, 3.8) is 0 Å². The Hall–Kier alpha value is -1.18. The Labute approximate surface area is 129 Å². The van der Waals surface area contributed by atoms with E-state index in [0.29, 0.717) is 19.6 Å². The maximum atomic E-state index is 10.7. The molecule has 1 aromatic rings. The van der Waals surface area contributed by atoms with E-state index in [-0.39, 0.29) is 12.1 Å². The molecule has 0 aliphatic heterocycles. The summed E-state index contributed by atoms with van der Waals surface area (Å²) < 4.78 is 3.90. The topological polar surface area (TPSA) is 89.7 Å². The van der Waals surface area contributed by atoms with Crippen molar-refractivity contribution in [2.45, 2.75) is 23.2 Å². The highest BCUT2D eigenvalue weighted by molar-refractivity contribution is 9.10. The number of halogens is 2. The van der Waals surface area contributed by atoms with Crippen molar-refractivity contribution < 1.29 is 19.6 Å². The van der Waals surface area contributed by atoms with Gasteiger partial charge in [-0.3, -0.25) is 10.1 Å². The summed E-state index contributed by atoms with van der Waals surface area (Å²) in [6, 6.07) is 6.05. The van der Waals surface area contributed by atoms with E-state index < -0.39 is 14.7 Å². The fourth-order valence-corrected chi connectivity index (χ4v) is 1.82. The zero-order chi connectivity index (χ0) is 15.2. The summed E-state index contributed by atoms with van der Waals surface area (Å²) in [4.78, 5) is 20.7. The van der Waals surface area contributed by atoms with Gasteiger partial charge in [-0.1, -0.05) is 27.5 Å². The lowest BCUT2D eigenvalue weighted by Crippen LogP contribution is -2.25. The average Bonchev–Trinajstić information content (AvgIpc) is 2.38. The second-order valence-electron chi connectivity index (χ2n) is 4.09. The molecule has 0 fully saturated rings. The van der Waals surface area contributed by atoms with Crippen LogP contribution in [-0.2, 0) is 16.1 Å². The third-order valence-electron chi connectivity index (χ3n) is 2.51. The van der Waals surface area contributed by atoms with Crippen LogP contribution < -0.4 is 0 Å². The van der Waals surface area contributed by atoms with Gasteiger partial charge in [0.05, 0.1) is 11.5 Å². The van der Waals surface area contributed by atoms with E-state index >= 15 is 0 Å². The molecule has 0 aliphatic rings. The van der Waals surface area contributed by atoms with Crippen LogP contribution in [0.5, 0.6) is 0 Å². The first-order chi connectivity index (χ1) is 9.33. The highest BCUT2D eigenvalue weighted by atomic mass is 79.9. The van der Waals surface area contributed by atoms with Crippen LogP contribution in [0.2, 0.25) is 0 Å². The first-order valence-electron chi connectivity index (χ1n) is 5.75. The SMILES string of the molecule is O=C(O)C(Cl)(Br)CCCOCc1ccc([N+](=O)[O-])cc1. The molecule has 0 spiro atoms. The minimum Gasteiger partial charge on any atom is -0.479 e. The summed E-state index contributed by atoms with van der Waals surface area (Å²) in [6.07, 6.45) is 0.707. The first kappa shape index (κ1) is 16.9. The van der Waals surface area contributed by atoms with Crippen LogP contribution in [0, 0.1) is 10.1 Å². The van der Waals surface area contributed by atoms with Gasteiger partial charge >= 0.3 is 5.97 Å². The molecular weight excluding hydrogens is 353 g/mol. The number of rotatable bonds is 8. The molecule has 1 unspecified atom stereocenters. The number of alkyl halides is 2. The van der Waals surface area contributed by atoms with E-state index in [1.165, 1.54) is 12.1 Å². The van der Waals surface area contributed by atoms with Gasteiger partial charge in [-0.2, -0.15) is 0 Å². The lowest BCUT2D eigenvalue weighted by Gasteiger charge is -2.13. The molecule has 0 amide bonds. The molecule has 20 heavy (non-hydrogen) atoms. The highest BCUT2D eigenvalue weighted by Crippen LogP contribution is 2.29. The largest absolute Gasteiger partial charge is 0.479 e. The van der Waals surface area contributed by atoms with Crippen molar-refractivity contribution in [1.82, 2.24) is 0 Å². The minimum absolute atomic E-state index is 0.0291. The maximum absolute atomic E-state index is 10.7. The molecule has 8 heteroatoms. The van der Waals surface area contributed by atoms with Crippen LogP contribution in [0.4, 0.5) is 5.69 Å². The second kappa shape index (κ2) is 7.56. The van der Waals surface area contributed by atoms with Crippen molar-refractivity contribution in [3.8, 4) is 0 Å². The van der Waals surface area contributed by atoms with Crippen molar-refractivity contribution in [2.24, 2.45) is 0 Å². The number of carbonyl (C=O) groups is 1. The maximum Gasteiger partial charge on any atom is 0.335 e. The monoisotopic (exact) mass is 365 g/mol. The van der Waals surface area contributed by atoms with Gasteiger partial charge in [0, 0.05) is 18.7 Å². The van der Waals surface area contributed by atoms with Gasteiger partial charge in [-0.25, -0.2) is 4.79 Å². The van der Waals surface area contributed by atoms with Gasteiger partial charge in [0.1, 0.15) is 0 Å². The number of nitro benzene ring substituents is 1. The Morgan fingerprint density at radius 3 is 2.55 bits per heavy atom. The molecule has 0 aromatic heterocycles. The van der Waals surface area contributed by atoms with Gasteiger partial charge in [0.2, 0.25) is 0 Å². The summed E-state index contributed by atoms with van der Waals surface area (Å²) in [5, 5.41) is 19.2. The predicted molar refractivity (Wildman–Crippen MR) is 77.1 cm³/mol. The Morgan fingerprint density at radius 2 is 2.05 bits per heavy atom. The Kier molecular flexibility index (Phi) is 6.38. The Balaban J connectivity index is 2.28. The zero-order valence-corrected chi connectivity index (χ0v) is 12.8. The molecule has 0 radical (unpaired) electrons. The Bertz CT molecular complexity index is 477. The molecule has 0 saturated heterocycles. The van der Waals surface area contributed by atoms with E-state index in [1.54, 1.807) is 12.1 Å². The molecule has 110 valence electrons. The van der Waals surface area contributed by atoms with Gasteiger partial charge in [-0.05, 0) is 30.5 Å². The Morgan fingerprint density at radius 1 is 1.45 bits per heavy atom. The molecular formula is C12H13BrClNO5. The highest BCUT2D eigenvalue weighted by Gasteiger charge is 2.31. The van der Waals surface area contributed by atoms with Crippen LogP contribution in [-0.4, -0.2) is 26.4 Å². The normalized spacial score (nSPS) is 13.7. The third-order valence-corrected chi connectivity index (χ3v) is 3.59. The molecule has 6 nitrogen and oxygen atoms in total. The van der Waals surface area contributed by atoms with Gasteiger partial charge in [-0.15, -0.1) is 0 Å².